The van der Waals surface area contributed by atoms with E-state index in [2.05, 4.69) is 24.0 Å². The van der Waals surface area contributed by atoms with Gasteiger partial charge in [0.1, 0.15) is 5.75 Å². The summed E-state index contributed by atoms with van der Waals surface area (Å²) in [5, 5.41) is 10.0. The number of rotatable bonds is 4. The van der Waals surface area contributed by atoms with Crippen molar-refractivity contribution in [3.05, 3.63) is 29.8 Å². The molecule has 2 rings (SSSR count). The second kappa shape index (κ2) is 6.37. The highest BCUT2D eigenvalue weighted by Gasteiger charge is 2.29. The predicted molar refractivity (Wildman–Crippen MR) is 76.2 cm³/mol. The summed E-state index contributed by atoms with van der Waals surface area (Å²) >= 11 is 0. The molecule has 19 heavy (non-hydrogen) atoms. The van der Waals surface area contributed by atoms with Gasteiger partial charge in [0.15, 0.2) is 0 Å². The van der Waals surface area contributed by atoms with Gasteiger partial charge in [-0.05, 0) is 36.6 Å². The molecule has 3 unspecified atom stereocenters. The molecule has 0 spiro atoms. The molecule has 0 aromatic heterocycles. The SMILES string of the molecule is COc1ccc(C(CN)N2CCC(C)C(O)C2)cc1. The monoisotopic (exact) mass is 264 g/mol. The fourth-order valence-electron chi connectivity index (χ4n) is 2.68. The maximum Gasteiger partial charge on any atom is 0.118 e. The molecular formula is C15H24N2O2. The van der Waals surface area contributed by atoms with Crippen LogP contribution in [0.25, 0.3) is 0 Å². The molecule has 0 aliphatic carbocycles. The fraction of sp³-hybridized carbons (Fsp3) is 0.600. The van der Waals surface area contributed by atoms with E-state index in [-0.39, 0.29) is 12.1 Å². The van der Waals surface area contributed by atoms with Crippen molar-refractivity contribution in [1.29, 1.82) is 0 Å². The molecule has 1 heterocycles. The standard InChI is InChI=1S/C15H24N2O2/c1-11-7-8-17(10-15(11)18)14(9-16)12-3-5-13(19-2)6-4-12/h3-6,11,14-15,18H,7-10,16H2,1-2H3. The van der Waals surface area contributed by atoms with E-state index in [0.29, 0.717) is 19.0 Å². The number of likely N-dealkylation sites (tertiary alicyclic amines) is 1. The van der Waals surface area contributed by atoms with Crippen LogP contribution in [-0.2, 0) is 0 Å². The number of ether oxygens (including phenoxy) is 1. The summed E-state index contributed by atoms with van der Waals surface area (Å²) in [6.45, 7) is 4.36. The minimum Gasteiger partial charge on any atom is -0.497 e. The Balaban J connectivity index is 2.10. The maximum atomic E-state index is 10.0. The molecule has 1 fully saturated rings. The number of nitrogens with zero attached hydrogens (tertiary/aromatic N) is 1. The van der Waals surface area contributed by atoms with E-state index >= 15 is 0 Å². The van der Waals surface area contributed by atoms with Gasteiger partial charge in [-0.3, -0.25) is 4.90 Å². The highest BCUT2D eigenvalue weighted by Crippen LogP contribution is 2.27. The van der Waals surface area contributed by atoms with E-state index in [1.165, 1.54) is 5.56 Å². The summed E-state index contributed by atoms with van der Waals surface area (Å²) in [5.74, 6) is 1.23. The Labute approximate surface area is 115 Å². The lowest BCUT2D eigenvalue weighted by molar-refractivity contribution is 0.0111. The number of β-amino-alcohol motifs (C(OH)–C–C–N with tert-alkyl or cyclic N) is 1. The first kappa shape index (κ1) is 14.3. The molecule has 4 nitrogen and oxygen atoms in total. The topological polar surface area (TPSA) is 58.7 Å². The zero-order valence-corrected chi connectivity index (χ0v) is 11.7. The smallest absolute Gasteiger partial charge is 0.118 e. The van der Waals surface area contributed by atoms with Gasteiger partial charge < -0.3 is 15.6 Å². The molecule has 1 saturated heterocycles. The lowest BCUT2D eigenvalue weighted by atomic mass is 9.93. The van der Waals surface area contributed by atoms with Gasteiger partial charge in [-0.2, -0.15) is 0 Å². The second-order valence-electron chi connectivity index (χ2n) is 5.35. The minimum atomic E-state index is -0.249. The number of hydrogen-bond acceptors (Lipinski definition) is 4. The van der Waals surface area contributed by atoms with Gasteiger partial charge in [-0.25, -0.2) is 0 Å². The predicted octanol–water partition coefficient (Wildman–Crippen LogP) is 1.40. The number of piperidine rings is 1. The molecule has 1 aromatic rings. The van der Waals surface area contributed by atoms with E-state index in [1.54, 1.807) is 7.11 Å². The van der Waals surface area contributed by atoms with Crippen molar-refractivity contribution in [2.24, 2.45) is 11.7 Å². The molecule has 1 aliphatic heterocycles. The number of methoxy groups -OCH3 is 1. The molecule has 0 bridgehead atoms. The van der Waals surface area contributed by atoms with Crippen LogP contribution in [0.15, 0.2) is 24.3 Å². The van der Waals surface area contributed by atoms with E-state index in [0.717, 1.165) is 18.7 Å². The summed E-state index contributed by atoms with van der Waals surface area (Å²) in [7, 11) is 1.66. The summed E-state index contributed by atoms with van der Waals surface area (Å²) < 4.78 is 5.17. The second-order valence-corrected chi connectivity index (χ2v) is 5.35. The van der Waals surface area contributed by atoms with Crippen LogP contribution >= 0.6 is 0 Å². The van der Waals surface area contributed by atoms with Crippen LogP contribution in [0.1, 0.15) is 24.9 Å². The molecule has 0 amide bonds. The molecule has 0 radical (unpaired) electrons. The van der Waals surface area contributed by atoms with Crippen molar-refractivity contribution in [3.8, 4) is 5.75 Å². The van der Waals surface area contributed by atoms with Crippen LogP contribution in [0.4, 0.5) is 0 Å². The van der Waals surface area contributed by atoms with Crippen molar-refractivity contribution >= 4 is 0 Å². The Morgan fingerprint density at radius 1 is 1.42 bits per heavy atom. The summed E-state index contributed by atoms with van der Waals surface area (Å²) in [6, 6.07) is 8.21. The van der Waals surface area contributed by atoms with E-state index in [4.69, 9.17) is 10.5 Å². The largest absolute Gasteiger partial charge is 0.497 e. The molecule has 0 saturated carbocycles. The van der Waals surface area contributed by atoms with Crippen LogP contribution in [0.3, 0.4) is 0 Å². The molecule has 3 atom stereocenters. The molecule has 1 aromatic carbocycles. The van der Waals surface area contributed by atoms with Crippen molar-refractivity contribution in [2.75, 3.05) is 26.7 Å². The van der Waals surface area contributed by atoms with E-state index in [9.17, 15) is 5.11 Å². The number of aliphatic hydroxyl groups is 1. The van der Waals surface area contributed by atoms with Crippen LogP contribution < -0.4 is 10.5 Å². The Morgan fingerprint density at radius 3 is 2.63 bits per heavy atom. The van der Waals surface area contributed by atoms with Gasteiger partial charge in [0, 0.05) is 19.1 Å². The van der Waals surface area contributed by atoms with E-state index < -0.39 is 0 Å². The molecule has 3 N–H and O–H groups in total. The van der Waals surface area contributed by atoms with Gasteiger partial charge in [0.25, 0.3) is 0 Å². The van der Waals surface area contributed by atoms with Gasteiger partial charge in [0.05, 0.1) is 13.2 Å². The van der Waals surface area contributed by atoms with Crippen molar-refractivity contribution in [1.82, 2.24) is 4.90 Å². The minimum absolute atomic E-state index is 0.174. The summed E-state index contributed by atoms with van der Waals surface area (Å²) in [4.78, 5) is 2.28. The van der Waals surface area contributed by atoms with Gasteiger partial charge >= 0.3 is 0 Å². The van der Waals surface area contributed by atoms with Crippen LogP contribution in [-0.4, -0.2) is 42.9 Å². The van der Waals surface area contributed by atoms with E-state index in [1.807, 2.05) is 12.1 Å². The van der Waals surface area contributed by atoms with Crippen molar-refractivity contribution in [2.45, 2.75) is 25.5 Å². The average Bonchev–Trinajstić information content (AvgIpc) is 2.44. The first-order valence-corrected chi connectivity index (χ1v) is 6.91. The lowest BCUT2D eigenvalue weighted by Gasteiger charge is -2.39. The fourth-order valence-corrected chi connectivity index (χ4v) is 2.68. The normalized spacial score (nSPS) is 26.1. The number of benzene rings is 1. The summed E-state index contributed by atoms with van der Waals surface area (Å²) in [6.07, 6.45) is 0.773. The number of nitrogens with two attached hydrogens (primary N) is 1. The van der Waals surface area contributed by atoms with Gasteiger partial charge in [-0.15, -0.1) is 0 Å². The number of aliphatic hydroxyl groups excluding tert-OH is 1. The highest BCUT2D eigenvalue weighted by atomic mass is 16.5. The van der Waals surface area contributed by atoms with Crippen molar-refractivity contribution in [3.63, 3.8) is 0 Å². The summed E-state index contributed by atoms with van der Waals surface area (Å²) in [5.41, 5.74) is 7.12. The number of hydrogen-bond donors (Lipinski definition) is 2. The van der Waals surface area contributed by atoms with Gasteiger partial charge in [-0.1, -0.05) is 19.1 Å². The van der Waals surface area contributed by atoms with Crippen LogP contribution in [0.2, 0.25) is 0 Å². The maximum absolute atomic E-state index is 10.0. The first-order valence-electron chi connectivity index (χ1n) is 6.91. The first-order chi connectivity index (χ1) is 9.15. The zero-order valence-electron chi connectivity index (χ0n) is 11.7. The highest BCUT2D eigenvalue weighted by molar-refractivity contribution is 5.29. The third kappa shape index (κ3) is 3.26. The zero-order chi connectivity index (χ0) is 13.8. The Kier molecular flexibility index (Phi) is 4.80. The van der Waals surface area contributed by atoms with Crippen LogP contribution in [0, 0.1) is 5.92 Å². The quantitative estimate of drug-likeness (QED) is 0.863. The Hall–Kier alpha value is -1.10. The third-order valence-electron chi connectivity index (χ3n) is 4.11. The van der Waals surface area contributed by atoms with Gasteiger partial charge in [0.2, 0.25) is 0 Å². The molecular weight excluding hydrogens is 240 g/mol. The Morgan fingerprint density at radius 2 is 2.11 bits per heavy atom. The lowest BCUT2D eigenvalue weighted by Crippen LogP contribution is -2.46. The Bertz CT molecular complexity index is 394. The average molecular weight is 264 g/mol. The van der Waals surface area contributed by atoms with Crippen LogP contribution in [0.5, 0.6) is 5.75 Å². The molecule has 4 heteroatoms. The molecule has 1 aliphatic rings. The molecule has 106 valence electrons. The third-order valence-corrected chi connectivity index (χ3v) is 4.11. The van der Waals surface area contributed by atoms with Crippen molar-refractivity contribution < 1.29 is 9.84 Å².